The van der Waals surface area contributed by atoms with Crippen LogP contribution in [0.2, 0.25) is 0 Å². The highest BCUT2D eigenvalue weighted by atomic mass is 16.6. The standard InChI is InChI=1S/C19H30N2O2/c1-16(17-10-6-5-7-11-17)12-15-20-13-8-9-14-21-18(22)23-19(2,3)4/h5-11,16,20H,12-15H2,1-4H3,(H,21,22)/b9-8+. The van der Waals surface area contributed by atoms with Crippen molar-refractivity contribution in [3.05, 3.63) is 48.0 Å². The van der Waals surface area contributed by atoms with Crippen LogP contribution in [0.3, 0.4) is 0 Å². The van der Waals surface area contributed by atoms with E-state index in [4.69, 9.17) is 4.74 Å². The number of hydrogen-bond donors (Lipinski definition) is 2. The summed E-state index contributed by atoms with van der Waals surface area (Å²) in [4.78, 5) is 11.4. The van der Waals surface area contributed by atoms with Crippen LogP contribution in [0, 0.1) is 0 Å². The molecule has 0 aromatic heterocycles. The molecule has 0 aliphatic carbocycles. The largest absolute Gasteiger partial charge is 0.444 e. The Hall–Kier alpha value is -1.81. The molecule has 2 N–H and O–H groups in total. The topological polar surface area (TPSA) is 50.4 Å². The molecule has 1 amide bonds. The molecule has 0 saturated carbocycles. The fourth-order valence-corrected chi connectivity index (χ4v) is 2.08. The zero-order chi connectivity index (χ0) is 17.1. The maximum Gasteiger partial charge on any atom is 0.407 e. The van der Waals surface area contributed by atoms with E-state index in [9.17, 15) is 4.79 Å². The fourth-order valence-electron chi connectivity index (χ4n) is 2.08. The molecule has 1 atom stereocenters. The maximum absolute atomic E-state index is 11.4. The molecule has 0 bridgehead atoms. The molecule has 128 valence electrons. The molecule has 23 heavy (non-hydrogen) atoms. The van der Waals surface area contributed by atoms with E-state index >= 15 is 0 Å². The van der Waals surface area contributed by atoms with Gasteiger partial charge in [-0.25, -0.2) is 4.79 Å². The summed E-state index contributed by atoms with van der Waals surface area (Å²) in [5.41, 5.74) is 0.927. The SMILES string of the molecule is CC(CCNC/C=C/CNC(=O)OC(C)(C)C)c1ccccc1. The first kappa shape index (κ1) is 19.2. The Balaban J connectivity index is 2.05. The van der Waals surface area contributed by atoms with Crippen molar-refractivity contribution in [3.63, 3.8) is 0 Å². The van der Waals surface area contributed by atoms with E-state index in [-0.39, 0.29) is 6.09 Å². The Morgan fingerprint density at radius 1 is 1.17 bits per heavy atom. The van der Waals surface area contributed by atoms with Crippen molar-refractivity contribution in [1.82, 2.24) is 10.6 Å². The third kappa shape index (κ3) is 9.74. The highest BCUT2D eigenvalue weighted by molar-refractivity contribution is 5.67. The molecule has 0 aliphatic heterocycles. The number of ether oxygens (including phenoxy) is 1. The van der Waals surface area contributed by atoms with Gasteiger partial charge >= 0.3 is 6.09 Å². The Bertz CT molecular complexity index is 478. The Labute approximate surface area is 140 Å². The van der Waals surface area contributed by atoms with Crippen molar-refractivity contribution in [3.8, 4) is 0 Å². The average molecular weight is 318 g/mol. The summed E-state index contributed by atoms with van der Waals surface area (Å²) >= 11 is 0. The van der Waals surface area contributed by atoms with Gasteiger partial charge in [0.15, 0.2) is 0 Å². The van der Waals surface area contributed by atoms with Gasteiger partial charge in [0.05, 0.1) is 0 Å². The van der Waals surface area contributed by atoms with Crippen molar-refractivity contribution in [2.45, 2.75) is 45.6 Å². The number of carbonyl (C=O) groups is 1. The quantitative estimate of drug-likeness (QED) is 0.565. The average Bonchev–Trinajstić information content (AvgIpc) is 2.48. The van der Waals surface area contributed by atoms with E-state index in [0.29, 0.717) is 12.5 Å². The molecule has 0 aliphatic rings. The van der Waals surface area contributed by atoms with Crippen molar-refractivity contribution >= 4 is 6.09 Å². The zero-order valence-corrected chi connectivity index (χ0v) is 14.8. The number of benzene rings is 1. The smallest absolute Gasteiger partial charge is 0.407 e. The maximum atomic E-state index is 11.4. The van der Waals surface area contributed by atoms with Crippen LogP contribution < -0.4 is 10.6 Å². The molecule has 4 nitrogen and oxygen atoms in total. The van der Waals surface area contributed by atoms with E-state index in [1.807, 2.05) is 39.0 Å². The monoisotopic (exact) mass is 318 g/mol. The Kier molecular flexibility index (Phi) is 8.41. The van der Waals surface area contributed by atoms with Crippen LogP contribution in [0.15, 0.2) is 42.5 Å². The second-order valence-corrected chi connectivity index (χ2v) is 6.66. The van der Waals surface area contributed by atoms with Crippen LogP contribution in [-0.2, 0) is 4.74 Å². The molecule has 0 heterocycles. The molecule has 1 aromatic carbocycles. The van der Waals surface area contributed by atoms with Crippen LogP contribution in [0.5, 0.6) is 0 Å². The molecule has 0 spiro atoms. The molecule has 1 aromatic rings. The van der Waals surface area contributed by atoms with Gasteiger partial charge in [-0.3, -0.25) is 0 Å². The molecule has 4 heteroatoms. The lowest BCUT2D eigenvalue weighted by molar-refractivity contribution is 0.0534. The summed E-state index contributed by atoms with van der Waals surface area (Å²) in [6, 6.07) is 10.6. The summed E-state index contributed by atoms with van der Waals surface area (Å²) in [5, 5.41) is 6.08. The van der Waals surface area contributed by atoms with Crippen LogP contribution in [-0.4, -0.2) is 31.3 Å². The summed E-state index contributed by atoms with van der Waals surface area (Å²) in [6.07, 6.45) is 4.67. The first-order valence-corrected chi connectivity index (χ1v) is 8.26. The van der Waals surface area contributed by atoms with E-state index in [1.54, 1.807) is 0 Å². The van der Waals surface area contributed by atoms with Crippen LogP contribution in [0.4, 0.5) is 4.79 Å². The Morgan fingerprint density at radius 3 is 2.48 bits per heavy atom. The summed E-state index contributed by atoms with van der Waals surface area (Å²) in [6.45, 7) is 10.1. The number of hydrogen-bond acceptors (Lipinski definition) is 3. The molecule has 1 rings (SSSR count). The van der Waals surface area contributed by atoms with E-state index in [1.165, 1.54) is 5.56 Å². The molecule has 0 radical (unpaired) electrons. The molecular formula is C19H30N2O2. The van der Waals surface area contributed by atoms with Crippen LogP contribution in [0.1, 0.15) is 45.6 Å². The molecule has 0 fully saturated rings. The van der Waals surface area contributed by atoms with E-state index in [0.717, 1.165) is 19.5 Å². The summed E-state index contributed by atoms with van der Waals surface area (Å²) in [7, 11) is 0. The normalized spacial score (nSPS) is 13.0. The number of nitrogens with one attached hydrogen (secondary N) is 2. The number of amides is 1. The first-order chi connectivity index (χ1) is 10.9. The minimum absolute atomic E-state index is 0.383. The number of carbonyl (C=O) groups excluding carboxylic acids is 1. The van der Waals surface area contributed by atoms with E-state index in [2.05, 4.69) is 41.8 Å². The minimum Gasteiger partial charge on any atom is -0.444 e. The van der Waals surface area contributed by atoms with Crippen molar-refractivity contribution in [1.29, 1.82) is 0 Å². The van der Waals surface area contributed by atoms with Gasteiger partial charge in [-0.2, -0.15) is 0 Å². The van der Waals surface area contributed by atoms with Gasteiger partial charge in [-0.1, -0.05) is 49.4 Å². The lowest BCUT2D eigenvalue weighted by Gasteiger charge is -2.19. The van der Waals surface area contributed by atoms with Crippen LogP contribution in [0.25, 0.3) is 0 Å². The van der Waals surface area contributed by atoms with E-state index < -0.39 is 5.60 Å². The van der Waals surface area contributed by atoms with Crippen molar-refractivity contribution in [2.75, 3.05) is 19.6 Å². The number of alkyl carbamates (subject to hydrolysis) is 1. The summed E-state index contributed by atoms with van der Waals surface area (Å²) < 4.78 is 5.15. The van der Waals surface area contributed by atoms with Gasteiger partial charge in [0.1, 0.15) is 5.60 Å². The lowest BCUT2D eigenvalue weighted by atomic mass is 9.98. The third-order valence-corrected chi connectivity index (χ3v) is 3.31. The van der Waals surface area contributed by atoms with Gasteiger partial charge in [0, 0.05) is 13.1 Å². The molecule has 0 saturated heterocycles. The van der Waals surface area contributed by atoms with Gasteiger partial charge in [0.25, 0.3) is 0 Å². The zero-order valence-electron chi connectivity index (χ0n) is 14.8. The van der Waals surface area contributed by atoms with Crippen molar-refractivity contribution < 1.29 is 9.53 Å². The van der Waals surface area contributed by atoms with Gasteiger partial charge in [-0.15, -0.1) is 0 Å². The predicted molar refractivity (Wildman–Crippen MR) is 95.7 cm³/mol. The first-order valence-electron chi connectivity index (χ1n) is 8.26. The lowest BCUT2D eigenvalue weighted by Crippen LogP contribution is -2.32. The van der Waals surface area contributed by atoms with Gasteiger partial charge < -0.3 is 15.4 Å². The minimum atomic E-state index is -0.454. The highest BCUT2D eigenvalue weighted by Gasteiger charge is 2.14. The predicted octanol–water partition coefficient (Wildman–Crippen LogP) is 3.85. The molecular weight excluding hydrogens is 288 g/mol. The fraction of sp³-hybridized carbons (Fsp3) is 0.526. The second kappa shape index (κ2) is 10.1. The second-order valence-electron chi connectivity index (χ2n) is 6.66. The Morgan fingerprint density at radius 2 is 1.83 bits per heavy atom. The molecule has 1 unspecified atom stereocenters. The van der Waals surface area contributed by atoms with Crippen molar-refractivity contribution in [2.24, 2.45) is 0 Å². The van der Waals surface area contributed by atoms with Crippen LogP contribution >= 0.6 is 0 Å². The number of rotatable bonds is 8. The van der Waals surface area contributed by atoms with Gasteiger partial charge in [0.2, 0.25) is 0 Å². The third-order valence-electron chi connectivity index (χ3n) is 3.31. The highest BCUT2D eigenvalue weighted by Crippen LogP contribution is 2.17. The summed E-state index contributed by atoms with van der Waals surface area (Å²) in [5.74, 6) is 0.557. The van der Waals surface area contributed by atoms with Gasteiger partial charge in [-0.05, 0) is 45.2 Å².